The topological polar surface area (TPSA) is 62.1 Å². The number of rotatable bonds is 6. The molecule has 156 valence electrons. The number of halogens is 1. The molecule has 0 bridgehead atoms. The van der Waals surface area contributed by atoms with Gasteiger partial charge in [0.1, 0.15) is 17.4 Å². The van der Waals surface area contributed by atoms with Crippen LogP contribution in [0.4, 0.5) is 5.69 Å². The summed E-state index contributed by atoms with van der Waals surface area (Å²) < 4.78 is 6.38. The number of aryl methyl sites for hydroxylation is 2. The van der Waals surface area contributed by atoms with Crippen molar-refractivity contribution in [3.8, 4) is 11.8 Å². The van der Waals surface area contributed by atoms with Crippen LogP contribution in [0.3, 0.4) is 0 Å². The minimum absolute atomic E-state index is 0.0412. The van der Waals surface area contributed by atoms with Gasteiger partial charge in [-0.2, -0.15) is 5.26 Å². The SMILES string of the molecule is COc1ccc(/C=C(\C#N)C(=O)Nc2cc(C)ccc2C)c(Cc2ccccc2Br)c1. The largest absolute Gasteiger partial charge is 0.497 e. The van der Waals surface area contributed by atoms with Crippen LogP contribution in [0, 0.1) is 25.2 Å². The summed E-state index contributed by atoms with van der Waals surface area (Å²) in [6, 6.07) is 21.5. The quantitative estimate of drug-likeness (QED) is 0.341. The third-order valence-electron chi connectivity index (χ3n) is 5.00. The third kappa shape index (κ3) is 5.62. The molecule has 0 aliphatic carbocycles. The number of carbonyl (C=O) groups excluding carboxylic acids is 1. The Morgan fingerprint density at radius 3 is 2.58 bits per heavy atom. The van der Waals surface area contributed by atoms with E-state index in [0.29, 0.717) is 12.1 Å². The molecule has 0 radical (unpaired) electrons. The fourth-order valence-corrected chi connectivity index (χ4v) is 3.64. The first-order valence-electron chi connectivity index (χ1n) is 9.82. The van der Waals surface area contributed by atoms with E-state index < -0.39 is 5.91 Å². The van der Waals surface area contributed by atoms with Gasteiger partial charge in [0.15, 0.2) is 0 Å². The molecule has 0 heterocycles. The third-order valence-corrected chi connectivity index (χ3v) is 5.77. The smallest absolute Gasteiger partial charge is 0.266 e. The van der Waals surface area contributed by atoms with Gasteiger partial charge in [-0.15, -0.1) is 0 Å². The molecule has 0 saturated carbocycles. The maximum absolute atomic E-state index is 12.8. The number of nitrogens with one attached hydrogen (secondary N) is 1. The van der Waals surface area contributed by atoms with Crippen molar-refractivity contribution in [3.63, 3.8) is 0 Å². The van der Waals surface area contributed by atoms with Crippen LogP contribution < -0.4 is 10.1 Å². The molecular formula is C26H23BrN2O2. The van der Waals surface area contributed by atoms with Gasteiger partial charge in [-0.1, -0.05) is 52.3 Å². The molecular weight excluding hydrogens is 452 g/mol. The van der Waals surface area contributed by atoms with Gasteiger partial charge < -0.3 is 10.1 Å². The van der Waals surface area contributed by atoms with Crippen LogP contribution in [0.15, 0.2) is 70.7 Å². The van der Waals surface area contributed by atoms with Crippen LogP contribution in [0.2, 0.25) is 0 Å². The zero-order chi connectivity index (χ0) is 22.4. The zero-order valence-corrected chi connectivity index (χ0v) is 19.3. The molecule has 3 rings (SSSR count). The molecule has 0 saturated heterocycles. The molecule has 1 N–H and O–H groups in total. The van der Waals surface area contributed by atoms with Gasteiger partial charge in [0.2, 0.25) is 0 Å². The van der Waals surface area contributed by atoms with Crippen molar-refractivity contribution in [2.24, 2.45) is 0 Å². The highest BCUT2D eigenvalue weighted by molar-refractivity contribution is 9.10. The minimum atomic E-state index is -0.432. The molecule has 31 heavy (non-hydrogen) atoms. The number of benzene rings is 3. The Labute approximate surface area is 191 Å². The van der Waals surface area contributed by atoms with E-state index in [0.717, 1.165) is 38.0 Å². The first kappa shape index (κ1) is 22.3. The number of ether oxygens (including phenoxy) is 1. The summed E-state index contributed by atoms with van der Waals surface area (Å²) in [4.78, 5) is 12.8. The van der Waals surface area contributed by atoms with E-state index in [1.807, 2.05) is 80.6 Å². The Morgan fingerprint density at radius 1 is 1.10 bits per heavy atom. The predicted octanol–water partition coefficient (Wildman–Crippen LogP) is 6.21. The summed E-state index contributed by atoms with van der Waals surface area (Å²) in [5.41, 5.74) is 5.57. The number of hydrogen-bond donors (Lipinski definition) is 1. The lowest BCUT2D eigenvalue weighted by Gasteiger charge is -2.12. The van der Waals surface area contributed by atoms with Crippen molar-refractivity contribution in [2.75, 3.05) is 12.4 Å². The normalized spacial score (nSPS) is 11.0. The Balaban J connectivity index is 1.96. The van der Waals surface area contributed by atoms with Crippen molar-refractivity contribution >= 4 is 33.6 Å². The van der Waals surface area contributed by atoms with Gasteiger partial charge in [-0.05, 0) is 78.4 Å². The number of methoxy groups -OCH3 is 1. The number of nitrogens with zero attached hydrogens (tertiary/aromatic N) is 1. The molecule has 3 aromatic rings. The molecule has 0 aromatic heterocycles. The molecule has 1 amide bonds. The highest BCUT2D eigenvalue weighted by Crippen LogP contribution is 2.26. The van der Waals surface area contributed by atoms with Gasteiger partial charge in [-0.3, -0.25) is 4.79 Å². The second-order valence-corrected chi connectivity index (χ2v) is 8.13. The summed E-state index contributed by atoms with van der Waals surface area (Å²) >= 11 is 3.59. The molecule has 0 aliphatic heterocycles. The van der Waals surface area contributed by atoms with E-state index >= 15 is 0 Å². The molecule has 0 atom stereocenters. The molecule has 0 unspecified atom stereocenters. The van der Waals surface area contributed by atoms with Crippen molar-refractivity contribution in [2.45, 2.75) is 20.3 Å². The maximum Gasteiger partial charge on any atom is 0.266 e. The molecule has 0 spiro atoms. The number of nitriles is 1. The van der Waals surface area contributed by atoms with Crippen LogP contribution >= 0.6 is 15.9 Å². The van der Waals surface area contributed by atoms with Gasteiger partial charge in [0.25, 0.3) is 5.91 Å². The summed E-state index contributed by atoms with van der Waals surface area (Å²) in [5.74, 6) is 0.288. The highest BCUT2D eigenvalue weighted by Gasteiger charge is 2.13. The zero-order valence-electron chi connectivity index (χ0n) is 17.7. The number of anilines is 1. The van der Waals surface area contributed by atoms with Gasteiger partial charge in [0, 0.05) is 10.2 Å². The number of amides is 1. The first-order chi connectivity index (χ1) is 14.9. The lowest BCUT2D eigenvalue weighted by Crippen LogP contribution is -2.14. The lowest BCUT2D eigenvalue weighted by atomic mass is 9.97. The van der Waals surface area contributed by atoms with Crippen molar-refractivity contribution in [3.05, 3.63) is 98.5 Å². The van der Waals surface area contributed by atoms with Crippen LogP contribution in [0.25, 0.3) is 6.08 Å². The molecule has 5 heteroatoms. The molecule has 4 nitrogen and oxygen atoms in total. The van der Waals surface area contributed by atoms with Crippen molar-refractivity contribution in [1.29, 1.82) is 5.26 Å². The Morgan fingerprint density at radius 2 is 1.87 bits per heavy atom. The van der Waals surface area contributed by atoms with E-state index in [-0.39, 0.29) is 5.57 Å². The molecule has 0 aliphatic rings. The number of carbonyl (C=O) groups is 1. The van der Waals surface area contributed by atoms with E-state index in [4.69, 9.17) is 4.74 Å². The van der Waals surface area contributed by atoms with Crippen molar-refractivity contribution in [1.82, 2.24) is 0 Å². The summed E-state index contributed by atoms with van der Waals surface area (Å²) in [5, 5.41) is 12.5. The second kappa shape index (κ2) is 10.1. The first-order valence-corrected chi connectivity index (χ1v) is 10.6. The van der Waals surface area contributed by atoms with E-state index in [1.54, 1.807) is 13.2 Å². The monoisotopic (exact) mass is 474 g/mol. The van der Waals surface area contributed by atoms with Crippen molar-refractivity contribution < 1.29 is 9.53 Å². The van der Waals surface area contributed by atoms with Gasteiger partial charge in [-0.25, -0.2) is 0 Å². The number of hydrogen-bond acceptors (Lipinski definition) is 3. The predicted molar refractivity (Wildman–Crippen MR) is 128 cm³/mol. The molecule has 3 aromatic carbocycles. The summed E-state index contributed by atoms with van der Waals surface area (Å²) in [7, 11) is 1.62. The Kier molecular flexibility index (Phi) is 7.28. The summed E-state index contributed by atoms with van der Waals surface area (Å²) in [6.07, 6.45) is 2.26. The summed E-state index contributed by atoms with van der Waals surface area (Å²) in [6.45, 7) is 3.88. The van der Waals surface area contributed by atoms with Crippen LogP contribution in [0.1, 0.15) is 27.8 Å². The average molecular weight is 475 g/mol. The van der Waals surface area contributed by atoms with E-state index in [9.17, 15) is 10.1 Å². The molecule has 0 fully saturated rings. The fourth-order valence-electron chi connectivity index (χ4n) is 3.21. The van der Waals surface area contributed by atoms with Crippen LogP contribution in [0.5, 0.6) is 5.75 Å². The van der Waals surface area contributed by atoms with Crippen LogP contribution in [-0.4, -0.2) is 13.0 Å². The van der Waals surface area contributed by atoms with Gasteiger partial charge >= 0.3 is 0 Å². The maximum atomic E-state index is 12.8. The standard InChI is InChI=1S/C26H23BrN2O2/c1-17-8-9-18(2)25(12-17)29-26(30)22(16-28)13-19-10-11-23(31-3)15-21(19)14-20-6-4-5-7-24(20)27/h4-13,15H,14H2,1-3H3,(H,29,30)/b22-13+. The average Bonchev–Trinajstić information content (AvgIpc) is 2.76. The van der Waals surface area contributed by atoms with Gasteiger partial charge in [0.05, 0.1) is 7.11 Å². The van der Waals surface area contributed by atoms with Crippen LogP contribution in [-0.2, 0) is 11.2 Å². The Bertz CT molecular complexity index is 1190. The second-order valence-electron chi connectivity index (χ2n) is 7.28. The van der Waals surface area contributed by atoms with E-state index in [2.05, 4.69) is 21.2 Å². The Hall–Kier alpha value is -3.36. The highest BCUT2D eigenvalue weighted by atomic mass is 79.9. The fraction of sp³-hybridized carbons (Fsp3) is 0.154. The lowest BCUT2D eigenvalue weighted by molar-refractivity contribution is -0.112. The minimum Gasteiger partial charge on any atom is -0.497 e. The van der Waals surface area contributed by atoms with E-state index in [1.165, 1.54) is 0 Å².